The third-order valence-electron chi connectivity index (χ3n) is 3.23. The smallest absolute Gasteiger partial charge is 0.127 e. The highest BCUT2D eigenvalue weighted by Crippen LogP contribution is 2.27. The van der Waals surface area contributed by atoms with Crippen LogP contribution in [0.5, 0.6) is 5.75 Å². The fourth-order valence-electron chi connectivity index (χ4n) is 2.19. The zero-order valence-corrected chi connectivity index (χ0v) is 10.6. The predicted molar refractivity (Wildman–Crippen MR) is 69.6 cm³/mol. The molecule has 0 aliphatic carbocycles. The van der Waals surface area contributed by atoms with Crippen molar-refractivity contribution in [3.8, 4) is 11.8 Å². The average Bonchev–Trinajstić information content (AvgIpc) is 2.65. The Balaban J connectivity index is 2.16. The first-order chi connectivity index (χ1) is 8.78. The fraction of sp³-hybridized carbons (Fsp3) is 0.500. The zero-order valence-electron chi connectivity index (χ0n) is 10.6. The summed E-state index contributed by atoms with van der Waals surface area (Å²) in [6.07, 6.45) is 2.42. The van der Waals surface area contributed by atoms with Crippen LogP contribution in [-0.2, 0) is 4.74 Å². The summed E-state index contributed by atoms with van der Waals surface area (Å²) < 4.78 is 10.6. The van der Waals surface area contributed by atoms with Gasteiger partial charge in [-0.25, -0.2) is 0 Å². The molecule has 4 nitrogen and oxygen atoms in total. The van der Waals surface area contributed by atoms with Gasteiger partial charge in [-0.1, -0.05) is 6.07 Å². The number of ether oxygens (including phenoxy) is 2. The molecular weight excluding hydrogens is 228 g/mol. The number of nitrogens with one attached hydrogen (secondary N) is 1. The molecule has 0 spiro atoms. The van der Waals surface area contributed by atoms with E-state index >= 15 is 0 Å². The molecule has 0 radical (unpaired) electrons. The van der Waals surface area contributed by atoms with E-state index < -0.39 is 5.54 Å². The largest absolute Gasteiger partial charge is 0.497 e. The van der Waals surface area contributed by atoms with Crippen molar-refractivity contribution in [3.63, 3.8) is 0 Å². The summed E-state index contributed by atoms with van der Waals surface area (Å²) in [5.41, 5.74) is 0.390. The van der Waals surface area contributed by atoms with Gasteiger partial charge in [0.2, 0.25) is 0 Å². The van der Waals surface area contributed by atoms with Crippen molar-refractivity contribution in [3.05, 3.63) is 24.3 Å². The molecule has 0 saturated carbocycles. The first kappa shape index (κ1) is 12.7. The van der Waals surface area contributed by atoms with E-state index in [2.05, 4.69) is 11.4 Å². The van der Waals surface area contributed by atoms with Gasteiger partial charge in [-0.05, 0) is 25.0 Å². The van der Waals surface area contributed by atoms with Gasteiger partial charge in [0.1, 0.15) is 11.3 Å². The van der Waals surface area contributed by atoms with Gasteiger partial charge < -0.3 is 14.8 Å². The Morgan fingerprint density at radius 1 is 1.39 bits per heavy atom. The van der Waals surface area contributed by atoms with E-state index in [1.165, 1.54) is 0 Å². The number of hydrogen-bond acceptors (Lipinski definition) is 4. The topological polar surface area (TPSA) is 54.3 Å². The van der Waals surface area contributed by atoms with Gasteiger partial charge in [-0.3, -0.25) is 0 Å². The zero-order chi connectivity index (χ0) is 12.8. The van der Waals surface area contributed by atoms with Crippen LogP contribution in [0, 0.1) is 11.3 Å². The predicted octanol–water partition coefficient (Wildman–Crippen LogP) is 2.57. The molecule has 1 N–H and O–H groups in total. The monoisotopic (exact) mass is 246 g/mol. The first-order valence-electron chi connectivity index (χ1n) is 6.19. The van der Waals surface area contributed by atoms with Gasteiger partial charge in [0.15, 0.2) is 0 Å². The Bertz CT molecular complexity index is 432. The normalized spacial score (nSPS) is 23.8. The van der Waals surface area contributed by atoms with Crippen molar-refractivity contribution in [1.29, 1.82) is 5.26 Å². The van der Waals surface area contributed by atoms with Gasteiger partial charge in [-0.2, -0.15) is 5.26 Å². The Labute approximate surface area is 108 Å². The van der Waals surface area contributed by atoms with Gasteiger partial charge in [0.05, 0.1) is 13.2 Å². The highest BCUT2D eigenvalue weighted by atomic mass is 16.5. The van der Waals surface area contributed by atoms with Crippen molar-refractivity contribution in [2.24, 2.45) is 0 Å². The maximum atomic E-state index is 9.46. The van der Waals surface area contributed by atoms with Gasteiger partial charge in [-0.15, -0.1) is 0 Å². The molecule has 18 heavy (non-hydrogen) atoms. The number of nitriles is 1. The van der Waals surface area contributed by atoms with Crippen LogP contribution < -0.4 is 10.1 Å². The lowest BCUT2D eigenvalue weighted by atomic mass is 9.92. The Morgan fingerprint density at radius 2 is 2.28 bits per heavy atom. The molecule has 4 heteroatoms. The Hall–Kier alpha value is -1.73. The summed E-state index contributed by atoms with van der Waals surface area (Å²) in [5.74, 6) is 0.790. The number of hydrogen-bond donors (Lipinski definition) is 1. The first-order valence-corrected chi connectivity index (χ1v) is 6.19. The maximum Gasteiger partial charge on any atom is 0.127 e. The number of anilines is 1. The van der Waals surface area contributed by atoms with E-state index in [0.717, 1.165) is 30.9 Å². The molecule has 0 amide bonds. The van der Waals surface area contributed by atoms with E-state index in [1.807, 2.05) is 24.3 Å². The van der Waals surface area contributed by atoms with Crippen LogP contribution in [0.2, 0.25) is 0 Å². The van der Waals surface area contributed by atoms with Crippen molar-refractivity contribution in [1.82, 2.24) is 0 Å². The fourth-order valence-corrected chi connectivity index (χ4v) is 2.19. The molecule has 96 valence electrons. The molecule has 1 unspecified atom stereocenters. The standard InChI is InChI=1S/C14H18N2O2/c1-17-13-5-2-4-12(10-13)16-14(11-15)6-3-8-18-9-7-14/h2,4-5,10,16H,3,6-9H2,1H3. The van der Waals surface area contributed by atoms with E-state index in [4.69, 9.17) is 9.47 Å². The molecule has 1 fully saturated rings. The lowest BCUT2D eigenvalue weighted by molar-refractivity contribution is 0.142. The SMILES string of the molecule is COc1cccc(NC2(C#N)CCCOCC2)c1. The lowest BCUT2D eigenvalue weighted by Crippen LogP contribution is -2.36. The van der Waals surface area contributed by atoms with E-state index in [9.17, 15) is 5.26 Å². The molecule has 1 heterocycles. The molecule has 1 aromatic carbocycles. The number of benzene rings is 1. The average molecular weight is 246 g/mol. The molecule has 1 aliphatic heterocycles. The lowest BCUT2D eigenvalue weighted by Gasteiger charge is -2.27. The van der Waals surface area contributed by atoms with Crippen LogP contribution in [-0.4, -0.2) is 25.9 Å². The molecule has 1 saturated heterocycles. The van der Waals surface area contributed by atoms with E-state index in [1.54, 1.807) is 7.11 Å². The molecule has 1 atom stereocenters. The minimum absolute atomic E-state index is 0.525. The van der Waals surface area contributed by atoms with Crippen LogP contribution >= 0.6 is 0 Å². The van der Waals surface area contributed by atoms with Gasteiger partial charge in [0, 0.05) is 31.4 Å². The van der Waals surface area contributed by atoms with E-state index in [0.29, 0.717) is 13.0 Å². The Morgan fingerprint density at radius 3 is 3.06 bits per heavy atom. The summed E-state index contributed by atoms with van der Waals surface area (Å²) in [4.78, 5) is 0. The number of methoxy groups -OCH3 is 1. The van der Waals surface area contributed by atoms with E-state index in [-0.39, 0.29) is 0 Å². The molecule has 0 aromatic heterocycles. The molecular formula is C14H18N2O2. The summed E-state index contributed by atoms with van der Waals surface area (Å²) in [6, 6.07) is 10.1. The van der Waals surface area contributed by atoms with Crippen LogP contribution in [0.3, 0.4) is 0 Å². The van der Waals surface area contributed by atoms with Crippen LogP contribution in [0.25, 0.3) is 0 Å². The van der Waals surface area contributed by atoms with Crippen molar-refractivity contribution >= 4 is 5.69 Å². The third kappa shape index (κ3) is 2.93. The van der Waals surface area contributed by atoms with Gasteiger partial charge in [0.25, 0.3) is 0 Å². The molecule has 2 rings (SSSR count). The summed E-state index contributed by atoms with van der Waals surface area (Å²) >= 11 is 0. The van der Waals surface area contributed by atoms with Crippen LogP contribution in [0.4, 0.5) is 5.69 Å². The maximum absolute atomic E-state index is 9.46. The number of rotatable bonds is 3. The number of nitrogens with zero attached hydrogens (tertiary/aromatic N) is 1. The summed E-state index contributed by atoms with van der Waals surface area (Å²) in [5, 5.41) is 12.8. The second-order valence-electron chi connectivity index (χ2n) is 4.52. The minimum Gasteiger partial charge on any atom is -0.497 e. The third-order valence-corrected chi connectivity index (χ3v) is 3.23. The Kier molecular flexibility index (Phi) is 4.06. The molecule has 1 aromatic rings. The van der Waals surface area contributed by atoms with Gasteiger partial charge >= 0.3 is 0 Å². The second-order valence-corrected chi connectivity index (χ2v) is 4.52. The van der Waals surface area contributed by atoms with Crippen molar-refractivity contribution in [2.45, 2.75) is 24.8 Å². The van der Waals surface area contributed by atoms with Crippen LogP contribution in [0.1, 0.15) is 19.3 Å². The molecule has 1 aliphatic rings. The molecule has 0 bridgehead atoms. The second kappa shape index (κ2) is 5.74. The van der Waals surface area contributed by atoms with Crippen LogP contribution in [0.15, 0.2) is 24.3 Å². The highest BCUT2D eigenvalue weighted by Gasteiger charge is 2.31. The quantitative estimate of drug-likeness (QED) is 0.890. The van der Waals surface area contributed by atoms with Crippen molar-refractivity contribution in [2.75, 3.05) is 25.6 Å². The summed E-state index contributed by atoms with van der Waals surface area (Å²) in [6.45, 7) is 1.37. The summed E-state index contributed by atoms with van der Waals surface area (Å²) in [7, 11) is 1.64. The minimum atomic E-state index is -0.525. The van der Waals surface area contributed by atoms with Crippen molar-refractivity contribution < 1.29 is 9.47 Å². The highest BCUT2D eigenvalue weighted by molar-refractivity contribution is 5.51.